The molecule has 3 aromatic carbocycles. The molecule has 1 amide bonds. The first-order valence-corrected chi connectivity index (χ1v) is 7.73. The van der Waals surface area contributed by atoms with Crippen molar-refractivity contribution in [2.24, 2.45) is 0 Å². The number of carbonyl (C=O) groups excluding carboxylic acids is 1. The molecule has 0 aliphatic heterocycles. The molecule has 3 rings (SSSR count). The number of aromatic carboxylic acids is 1. The van der Waals surface area contributed by atoms with Gasteiger partial charge in [0.2, 0.25) is 0 Å². The van der Waals surface area contributed by atoms with Crippen LogP contribution in [-0.2, 0) is 0 Å². The third kappa shape index (κ3) is 3.99. The van der Waals surface area contributed by atoms with Gasteiger partial charge in [0.1, 0.15) is 17.2 Å². The summed E-state index contributed by atoms with van der Waals surface area (Å²) in [5.74, 6) is -0.652. The van der Waals surface area contributed by atoms with Crippen LogP contribution in [-0.4, -0.2) is 22.1 Å². The highest BCUT2D eigenvalue weighted by atomic mass is 16.5. The molecular weight excluding hydrogens is 334 g/mol. The van der Waals surface area contributed by atoms with E-state index in [9.17, 15) is 19.8 Å². The van der Waals surface area contributed by atoms with Crippen LogP contribution in [0.15, 0.2) is 72.8 Å². The number of aromatic hydroxyl groups is 1. The molecule has 0 radical (unpaired) electrons. The van der Waals surface area contributed by atoms with Gasteiger partial charge in [-0.15, -0.1) is 0 Å². The Kier molecular flexibility index (Phi) is 4.85. The number of carbonyl (C=O) groups is 2. The molecule has 0 fully saturated rings. The molecule has 0 aliphatic rings. The van der Waals surface area contributed by atoms with E-state index in [1.54, 1.807) is 12.1 Å². The molecule has 0 spiro atoms. The maximum atomic E-state index is 12.3. The van der Waals surface area contributed by atoms with E-state index in [1.807, 2.05) is 18.2 Å². The Morgan fingerprint density at radius 3 is 2.19 bits per heavy atom. The van der Waals surface area contributed by atoms with Gasteiger partial charge >= 0.3 is 5.97 Å². The highest BCUT2D eigenvalue weighted by Crippen LogP contribution is 2.27. The number of phenolic OH excluding ortho intramolecular Hbond substituents is 1. The third-order valence-electron chi connectivity index (χ3n) is 3.58. The zero-order valence-electron chi connectivity index (χ0n) is 13.5. The summed E-state index contributed by atoms with van der Waals surface area (Å²) in [6.07, 6.45) is 0. The Balaban J connectivity index is 1.88. The van der Waals surface area contributed by atoms with Crippen molar-refractivity contribution in [1.29, 1.82) is 0 Å². The molecule has 0 saturated heterocycles. The van der Waals surface area contributed by atoms with Gasteiger partial charge in [-0.2, -0.15) is 0 Å². The van der Waals surface area contributed by atoms with Crippen molar-refractivity contribution >= 4 is 17.6 Å². The fraction of sp³-hybridized carbons (Fsp3) is 0. The normalized spacial score (nSPS) is 10.2. The van der Waals surface area contributed by atoms with Crippen LogP contribution in [0.1, 0.15) is 20.7 Å². The summed E-state index contributed by atoms with van der Waals surface area (Å²) in [5.41, 5.74) is 0.343. The lowest BCUT2D eigenvalue weighted by molar-refractivity contribution is 0.0698. The molecular formula is C20H15NO5. The Bertz CT molecular complexity index is 936. The van der Waals surface area contributed by atoms with Gasteiger partial charge in [0, 0.05) is 11.6 Å². The van der Waals surface area contributed by atoms with E-state index in [1.165, 1.54) is 42.5 Å². The average molecular weight is 349 g/mol. The van der Waals surface area contributed by atoms with E-state index in [-0.39, 0.29) is 22.6 Å². The summed E-state index contributed by atoms with van der Waals surface area (Å²) in [6, 6.07) is 19.0. The zero-order chi connectivity index (χ0) is 18.5. The summed E-state index contributed by atoms with van der Waals surface area (Å²) in [4.78, 5) is 23.8. The van der Waals surface area contributed by atoms with Crippen LogP contribution in [0, 0.1) is 0 Å². The Labute approximate surface area is 149 Å². The lowest BCUT2D eigenvalue weighted by Crippen LogP contribution is -2.14. The minimum absolute atomic E-state index is 0.0334. The maximum Gasteiger partial charge on any atom is 0.337 e. The highest BCUT2D eigenvalue weighted by Gasteiger charge is 2.15. The Morgan fingerprint density at radius 1 is 0.846 bits per heavy atom. The van der Waals surface area contributed by atoms with Gasteiger partial charge in [0.15, 0.2) is 0 Å². The van der Waals surface area contributed by atoms with E-state index in [0.29, 0.717) is 11.5 Å². The van der Waals surface area contributed by atoms with Crippen molar-refractivity contribution in [2.75, 3.05) is 5.32 Å². The molecule has 0 saturated carbocycles. The second kappa shape index (κ2) is 7.40. The summed E-state index contributed by atoms with van der Waals surface area (Å²) in [7, 11) is 0. The predicted molar refractivity (Wildman–Crippen MR) is 96.0 cm³/mol. The van der Waals surface area contributed by atoms with E-state index in [0.717, 1.165) is 0 Å². The first kappa shape index (κ1) is 17.0. The number of ether oxygens (including phenoxy) is 1. The minimum Gasteiger partial charge on any atom is -0.508 e. The topological polar surface area (TPSA) is 95.9 Å². The van der Waals surface area contributed by atoms with Gasteiger partial charge in [-0.3, -0.25) is 4.79 Å². The quantitative estimate of drug-likeness (QED) is 0.643. The first-order valence-electron chi connectivity index (χ1n) is 7.73. The fourth-order valence-electron chi connectivity index (χ4n) is 2.31. The zero-order valence-corrected chi connectivity index (χ0v) is 13.5. The van der Waals surface area contributed by atoms with Gasteiger partial charge < -0.3 is 20.3 Å². The van der Waals surface area contributed by atoms with Crippen LogP contribution in [0.5, 0.6) is 17.2 Å². The molecule has 0 heterocycles. The molecule has 3 N–H and O–H groups in total. The molecule has 0 aliphatic carbocycles. The van der Waals surface area contributed by atoms with Gasteiger partial charge in [0.25, 0.3) is 5.91 Å². The maximum absolute atomic E-state index is 12.3. The van der Waals surface area contributed by atoms with E-state index in [4.69, 9.17) is 4.74 Å². The lowest BCUT2D eigenvalue weighted by atomic mass is 10.1. The van der Waals surface area contributed by atoms with Crippen LogP contribution >= 0.6 is 0 Å². The highest BCUT2D eigenvalue weighted by molar-refractivity contribution is 6.07. The second-order valence-electron chi connectivity index (χ2n) is 5.43. The van der Waals surface area contributed by atoms with Crippen molar-refractivity contribution in [3.05, 3.63) is 83.9 Å². The molecule has 6 heteroatoms. The van der Waals surface area contributed by atoms with E-state index < -0.39 is 11.9 Å². The van der Waals surface area contributed by atoms with Crippen LogP contribution in [0.4, 0.5) is 5.69 Å². The number of benzene rings is 3. The number of hydrogen-bond acceptors (Lipinski definition) is 4. The van der Waals surface area contributed by atoms with Crippen molar-refractivity contribution < 1.29 is 24.5 Å². The van der Waals surface area contributed by atoms with Gasteiger partial charge in [-0.05, 0) is 48.5 Å². The molecule has 6 nitrogen and oxygen atoms in total. The largest absolute Gasteiger partial charge is 0.508 e. The van der Waals surface area contributed by atoms with Crippen molar-refractivity contribution in [2.45, 2.75) is 0 Å². The Morgan fingerprint density at radius 2 is 1.54 bits per heavy atom. The number of anilines is 1. The van der Waals surface area contributed by atoms with Gasteiger partial charge in [-0.1, -0.05) is 18.2 Å². The summed E-state index contributed by atoms with van der Waals surface area (Å²) >= 11 is 0. The molecule has 0 atom stereocenters. The fourth-order valence-corrected chi connectivity index (χ4v) is 2.31. The number of carboxylic acid groups (broad SMARTS) is 1. The SMILES string of the molecule is O=C(Nc1cc(Oc2ccccc2)ccc1C(=O)O)c1ccc(O)cc1. The lowest BCUT2D eigenvalue weighted by Gasteiger charge is -2.12. The number of rotatable bonds is 5. The first-order chi connectivity index (χ1) is 12.5. The van der Waals surface area contributed by atoms with Crippen LogP contribution in [0.25, 0.3) is 0 Å². The van der Waals surface area contributed by atoms with Crippen molar-refractivity contribution in [3.63, 3.8) is 0 Å². The number of amides is 1. The van der Waals surface area contributed by atoms with E-state index in [2.05, 4.69) is 5.32 Å². The number of hydrogen-bond donors (Lipinski definition) is 3. The van der Waals surface area contributed by atoms with Crippen LogP contribution in [0.2, 0.25) is 0 Å². The number of nitrogens with one attached hydrogen (secondary N) is 1. The van der Waals surface area contributed by atoms with E-state index >= 15 is 0 Å². The number of carboxylic acids is 1. The predicted octanol–water partition coefficient (Wildman–Crippen LogP) is 4.14. The molecule has 0 bridgehead atoms. The Hall–Kier alpha value is -3.80. The minimum atomic E-state index is -1.17. The number of para-hydroxylation sites is 1. The van der Waals surface area contributed by atoms with Crippen molar-refractivity contribution in [3.8, 4) is 17.2 Å². The summed E-state index contributed by atoms with van der Waals surface area (Å²) in [6.45, 7) is 0. The molecule has 3 aromatic rings. The molecule has 26 heavy (non-hydrogen) atoms. The summed E-state index contributed by atoms with van der Waals surface area (Å²) < 4.78 is 5.68. The van der Waals surface area contributed by atoms with Crippen LogP contribution in [0.3, 0.4) is 0 Å². The summed E-state index contributed by atoms with van der Waals surface area (Å²) in [5, 5.41) is 21.2. The molecule has 0 unspecified atom stereocenters. The monoisotopic (exact) mass is 349 g/mol. The average Bonchev–Trinajstić information content (AvgIpc) is 2.63. The third-order valence-corrected chi connectivity index (χ3v) is 3.58. The van der Waals surface area contributed by atoms with Crippen molar-refractivity contribution in [1.82, 2.24) is 0 Å². The standard InChI is InChI=1S/C20H15NO5/c22-14-8-6-13(7-9-14)19(23)21-18-12-16(10-11-17(18)20(24)25)26-15-4-2-1-3-5-15/h1-12,22H,(H,21,23)(H,24,25). The number of phenols is 1. The molecule has 130 valence electrons. The smallest absolute Gasteiger partial charge is 0.337 e. The second-order valence-corrected chi connectivity index (χ2v) is 5.43. The van der Waals surface area contributed by atoms with Gasteiger partial charge in [0.05, 0.1) is 11.3 Å². The van der Waals surface area contributed by atoms with Gasteiger partial charge in [-0.25, -0.2) is 4.79 Å². The van der Waals surface area contributed by atoms with Crippen LogP contribution < -0.4 is 10.1 Å². The molecule has 0 aromatic heterocycles.